The smallest absolute Gasteiger partial charge is 0.331 e. The first-order valence-electron chi connectivity index (χ1n) is 7.64. The van der Waals surface area contributed by atoms with Gasteiger partial charge in [-0.1, -0.05) is 18.2 Å². The van der Waals surface area contributed by atoms with Gasteiger partial charge in [0.15, 0.2) is 0 Å². The Labute approximate surface area is 142 Å². The van der Waals surface area contributed by atoms with Crippen LogP contribution < -0.4 is 0 Å². The third-order valence-corrected chi connectivity index (χ3v) is 5.04. The van der Waals surface area contributed by atoms with E-state index < -0.39 is 11.7 Å². The van der Waals surface area contributed by atoms with Gasteiger partial charge in [0.05, 0.1) is 11.6 Å². The van der Waals surface area contributed by atoms with E-state index in [-0.39, 0.29) is 11.9 Å². The van der Waals surface area contributed by atoms with Gasteiger partial charge in [-0.25, -0.2) is 0 Å². The molecular weight excluding hydrogens is 335 g/mol. The number of halogens is 3. The molecule has 1 saturated heterocycles. The van der Waals surface area contributed by atoms with Gasteiger partial charge in [-0.3, -0.25) is 4.79 Å². The molecule has 1 unspecified atom stereocenters. The Morgan fingerprint density at radius 3 is 2.58 bits per heavy atom. The molecule has 24 heavy (non-hydrogen) atoms. The fraction of sp³-hybridized carbons (Fsp3) is 0.278. The van der Waals surface area contributed by atoms with Crippen LogP contribution in [0.2, 0.25) is 0 Å². The molecule has 126 valence electrons. The predicted molar refractivity (Wildman–Crippen MR) is 88.5 cm³/mol. The number of alkyl halides is 3. The fourth-order valence-electron chi connectivity index (χ4n) is 2.85. The summed E-state index contributed by atoms with van der Waals surface area (Å²) in [6.07, 6.45) is 0.561. The van der Waals surface area contributed by atoms with E-state index in [9.17, 15) is 18.0 Å². The maximum absolute atomic E-state index is 12.5. The van der Waals surface area contributed by atoms with E-state index in [4.69, 9.17) is 0 Å². The van der Waals surface area contributed by atoms with Gasteiger partial charge in [0.2, 0.25) is 5.91 Å². The van der Waals surface area contributed by atoms with Crippen LogP contribution in [0.1, 0.15) is 34.9 Å². The Morgan fingerprint density at radius 1 is 1.21 bits per heavy atom. The summed E-state index contributed by atoms with van der Waals surface area (Å²) in [4.78, 5) is 15.4. The summed E-state index contributed by atoms with van der Waals surface area (Å²) in [7, 11) is 0. The molecule has 3 rings (SSSR count). The highest BCUT2D eigenvalue weighted by molar-refractivity contribution is 7.10. The molecule has 0 aliphatic carbocycles. The molecule has 0 spiro atoms. The summed E-state index contributed by atoms with van der Waals surface area (Å²) in [6, 6.07) is 8.89. The highest BCUT2D eigenvalue weighted by Crippen LogP contribution is 2.34. The first kappa shape index (κ1) is 16.8. The number of likely N-dealkylation sites (tertiary alicyclic amines) is 1. The van der Waals surface area contributed by atoms with Crippen molar-refractivity contribution in [3.05, 3.63) is 63.9 Å². The summed E-state index contributed by atoms with van der Waals surface area (Å²) in [5.74, 6) is -0.106. The predicted octanol–water partition coefficient (Wildman–Crippen LogP) is 5.14. The summed E-state index contributed by atoms with van der Waals surface area (Å²) < 4.78 is 37.6. The number of rotatable bonds is 3. The van der Waals surface area contributed by atoms with Crippen LogP contribution in [0.3, 0.4) is 0 Å². The summed E-state index contributed by atoms with van der Waals surface area (Å²) in [5.41, 5.74) is -0.119. The van der Waals surface area contributed by atoms with E-state index in [1.54, 1.807) is 17.4 Å². The fourth-order valence-corrected chi connectivity index (χ4v) is 3.73. The molecule has 1 atom stereocenters. The van der Waals surface area contributed by atoms with Crippen molar-refractivity contribution in [1.29, 1.82) is 0 Å². The van der Waals surface area contributed by atoms with Gasteiger partial charge in [-0.2, -0.15) is 13.2 Å². The molecule has 0 radical (unpaired) electrons. The van der Waals surface area contributed by atoms with E-state index in [1.165, 1.54) is 23.1 Å². The molecule has 1 fully saturated rings. The van der Waals surface area contributed by atoms with Crippen molar-refractivity contribution in [1.82, 2.24) is 4.90 Å². The average Bonchev–Trinajstić information content (AvgIpc) is 3.22. The quantitative estimate of drug-likeness (QED) is 0.701. The normalized spacial score (nSPS) is 18.5. The molecule has 2 nitrogen and oxygen atoms in total. The van der Waals surface area contributed by atoms with Gasteiger partial charge < -0.3 is 4.90 Å². The van der Waals surface area contributed by atoms with E-state index in [0.29, 0.717) is 12.1 Å². The minimum absolute atomic E-state index is 0.106. The minimum Gasteiger partial charge on any atom is -0.331 e. The Kier molecular flexibility index (Phi) is 4.76. The van der Waals surface area contributed by atoms with Crippen molar-refractivity contribution in [2.24, 2.45) is 0 Å². The van der Waals surface area contributed by atoms with Crippen molar-refractivity contribution in [2.45, 2.75) is 25.1 Å². The van der Waals surface area contributed by atoms with Crippen LogP contribution in [-0.2, 0) is 11.0 Å². The second kappa shape index (κ2) is 6.81. The lowest BCUT2D eigenvalue weighted by Gasteiger charge is -2.22. The van der Waals surface area contributed by atoms with Crippen LogP contribution in [0.4, 0.5) is 13.2 Å². The van der Waals surface area contributed by atoms with E-state index >= 15 is 0 Å². The second-order valence-electron chi connectivity index (χ2n) is 5.66. The van der Waals surface area contributed by atoms with Gasteiger partial charge in [0.1, 0.15) is 0 Å². The molecule has 1 aromatic heterocycles. The third-order valence-electron chi connectivity index (χ3n) is 4.06. The standard InChI is InChI=1S/C18H16F3NOS/c19-18(20,21)14-8-5-13(6-9-14)7-10-17(23)22-11-1-3-15(22)16-4-2-12-24-16/h2,4-10,12,15H,1,3,11H2/b10-7+. The van der Waals surface area contributed by atoms with Crippen molar-refractivity contribution in [3.63, 3.8) is 0 Å². The van der Waals surface area contributed by atoms with Gasteiger partial charge >= 0.3 is 6.18 Å². The molecule has 1 amide bonds. The maximum Gasteiger partial charge on any atom is 0.416 e. The monoisotopic (exact) mass is 351 g/mol. The zero-order chi connectivity index (χ0) is 17.2. The lowest BCUT2D eigenvalue weighted by atomic mass is 10.1. The van der Waals surface area contributed by atoms with Crippen LogP contribution >= 0.6 is 11.3 Å². The zero-order valence-corrected chi connectivity index (χ0v) is 13.6. The molecule has 6 heteroatoms. The van der Waals surface area contributed by atoms with E-state index in [2.05, 4.69) is 0 Å². The maximum atomic E-state index is 12.5. The summed E-state index contributed by atoms with van der Waals surface area (Å²) in [5, 5.41) is 1.99. The number of nitrogens with zero attached hydrogens (tertiary/aromatic N) is 1. The molecule has 1 aliphatic heterocycles. The lowest BCUT2D eigenvalue weighted by Crippen LogP contribution is -2.28. The second-order valence-corrected chi connectivity index (χ2v) is 6.64. The van der Waals surface area contributed by atoms with Crippen molar-refractivity contribution >= 4 is 23.3 Å². The Bertz CT molecular complexity index is 720. The van der Waals surface area contributed by atoms with Gasteiger partial charge in [-0.15, -0.1) is 11.3 Å². The van der Waals surface area contributed by atoms with E-state index in [1.807, 2.05) is 22.4 Å². The van der Waals surface area contributed by atoms with Crippen LogP contribution in [-0.4, -0.2) is 17.4 Å². The number of carbonyl (C=O) groups excluding carboxylic acids is 1. The Hall–Kier alpha value is -2.08. The number of benzene rings is 1. The highest BCUT2D eigenvalue weighted by Gasteiger charge is 2.30. The molecule has 1 aliphatic rings. The number of amides is 1. The lowest BCUT2D eigenvalue weighted by molar-refractivity contribution is -0.137. The van der Waals surface area contributed by atoms with Gasteiger partial charge in [-0.05, 0) is 48.1 Å². The van der Waals surface area contributed by atoms with Crippen molar-refractivity contribution in [3.8, 4) is 0 Å². The molecule has 2 aromatic rings. The molecule has 0 saturated carbocycles. The van der Waals surface area contributed by atoms with Crippen LogP contribution in [0.25, 0.3) is 6.08 Å². The molecule has 1 aromatic carbocycles. The van der Waals surface area contributed by atoms with Crippen LogP contribution in [0.15, 0.2) is 47.9 Å². The van der Waals surface area contributed by atoms with Crippen molar-refractivity contribution in [2.75, 3.05) is 6.54 Å². The molecule has 2 heterocycles. The number of thiophene rings is 1. The van der Waals surface area contributed by atoms with E-state index in [0.717, 1.165) is 25.0 Å². The summed E-state index contributed by atoms with van der Waals surface area (Å²) in [6.45, 7) is 0.707. The van der Waals surface area contributed by atoms with Gasteiger partial charge in [0, 0.05) is 17.5 Å². The number of carbonyl (C=O) groups is 1. The number of hydrogen-bond acceptors (Lipinski definition) is 2. The number of hydrogen-bond donors (Lipinski definition) is 0. The molecule has 0 bridgehead atoms. The SMILES string of the molecule is O=C(/C=C/c1ccc(C(F)(F)F)cc1)N1CCCC1c1cccs1. The first-order chi connectivity index (χ1) is 11.4. The first-order valence-corrected chi connectivity index (χ1v) is 8.52. The minimum atomic E-state index is -4.35. The average molecular weight is 351 g/mol. The van der Waals surface area contributed by atoms with Crippen LogP contribution in [0, 0.1) is 0 Å². The molecular formula is C18H16F3NOS. The molecule has 0 N–H and O–H groups in total. The van der Waals surface area contributed by atoms with Gasteiger partial charge in [0.25, 0.3) is 0 Å². The highest BCUT2D eigenvalue weighted by atomic mass is 32.1. The topological polar surface area (TPSA) is 20.3 Å². The third kappa shape index (κ3) is 3.70. The Morgan fingerprint density at radius 2 is 1.96 bits per heavy atom. The van der Waals surface area contributed by atoms with Crippen molar-refractivity contribution < 1.29 is 18.0 Å². The summed E-state index contributed by atoms with van der Waals surface area (Å²) >= 11 is 1.64. The largest absolute Gasteiger partial charge is 0.416 e. The van der Waals surface area contributed by atoms with Crippen LogP contribution in [0.5, 0.6) is 0 Å². The Balaban J connectivity index is 1.69. The zero-order valence-electron chi connectivity index (χ0n) is 12.8.